The maximum Gasteiger partial charge on any atom is 0.307 e. The number of carbonyl (C=O) groups excluding carboxylic acids is 1. The van der Waals surface area contributed by atoms with Crippen LogP contribution in [0.25, 0.3) is 10.2 Å². The zero-order valence-electron chi connectivity index (χ0n) is 17.2. The molecule has 5 rings (SSSR count). The molecule has 1 fully saturated rings. The lowest BCUT2D eigenvalue weighted by molar-refractivity contribution is -0.120. The summed E-state index contributed by atoms with van der Waals surface area (Å²) in [6.07, 6.45) is 0.854. The molecule has 0 spiro atoms. The molecule has 0 radical (unpaired) electrons. The molecule has 3 heterocycles. The number of piperidine rings is 1. The van der Waals surface area contributed by atoms with Crippen LogP contribution in [0.4, 0.5) is 5.69 Å². The lowest BCUT2D eigenvalue weighted by Gasteiger charge is -2.30. The van der Waals surface area contributed by atoms with Gasteiger partial charge < -0.3 is 19.4 Å². The van der Waals surface area contributed by atoms with Crippen LogP contribution in [0.3, 0.4) is 0 Å². The molecule has 3 aromatic rings. The minimum absolute atomic E-state index is 0.135. The van der Waals surface area contributed by atoms with Crippen LogP contribution < -0.4 is 19.7 Å². The molecule has 32 heavy (non-hydrogen) atoms. The molecule has 0 unspecified atom stereocenters. The largest absolute Gasteiger partial charge is 0.454 e. The summed E-state index contributed by atoms with van der Waals surface area (Å²) in [5, 5.41) is 2.88. The van der Waals surface area contributed by atoms with Gasteiger partial charge in [-0.05, 0) is 43.2 Å². The summed E-state index contributed by atoms with van der Waals surface area (Å²) in [7, 11) is -2.04. The number of anilines is 1. The third-order valence-corrected chi connectivity index (χ3v) is 8.76. The van der Waals surface area contributed by atoms with Gasteiger partial charge in [0, 0.05) is 37.8 Å². The standard InChI is InChI=1S/C21H21N3O6S2/c1-23-16-4-3-15(11-19(16)31-21(23)26)32(27,28)24-8-6-13(7-9-24)20(25)22-14-2-5-17-18(10-14)30-12-29-17/h2-5,10-11,13H,6-9,12H2,1H3,(H,22,25). The van der Waals surface area contributed by atoms with E-state index in [4.69, 9.17) is 9.47 Å². The fourth-order valence-electron chi connectivity index (χ4n) is 4.00. The quantitative estimate of drug-likeness (QED) is 0.621. The van der Waals surface area contributed by atoms with Gasteiger partial charge in [0.25, 0.3) is 0 Å². The molecule has 9 nitrogen and oxygen atoms in total. The van der Waals surface area contributed by atoms with Gasteiger partial charge in [-0.2, -0.15) is 4.31 Å². The second-order valence-corrected chi connectivity index (χ2v) is 10.7. The van der Waals surface area contributed by atoms with E-state index in [1.54, 1.807) is 37.4 Å². The van der Waals surface area contributed by atoms with Crippen molar-refractivity contribution in [2.24, 2.45) is 13.0 Å². The molecule has 1 N–H and O–H groups in total. The lowest BCUT2D eigenvalue weighted by Crippen LogP contribution is -2.41. The van der Waals surface area contributed by atoms with E-state index in [0.717, 1.165) is 11.3 Å². The molecule has 0 aliphatic carbocycles. The summed E-state index contributed by atoms with van der Waals surface area (Å²) < 4.78 is 40.4. The number of sulfonamides is 1. The molecule has 0 bridgehead atoms. The maximum absolute atomic E-state index is 13.1. The zero-order valence-corrected chi connectivity index (χ0v) is 18.9. The van der Waals surface area contributed by atoms with Gasteiger partial charge in [0.05, 0.1) is 15.1 Å². The first-order chi connectivity index (χ1) is 15.3. The predicted molar refractivity (Wildman–Crippen MR) is 120 cm³/mol. The Morgan fingerprint density at radius 3 is 2.62 bits per heavy atom. The van der Waals surface area contributed by atoms with Crippen LogP contribution in [0.5, 0.6) is 11.5 Å². The van der Waals surface area contributed by atoms with Gasteiger partial charge in [-0.1, -0.05) is 11.3 Å². The van der Waals surface area contributed by atoms with E-state index in [1.165, 1.54) is 14.9 Å². The van der Waals surface area contributed by atoms with Crippen molar-refractivity contribution in [2.75, 3.05) is 25.2 Å². The minimum Gasteiger partial charge on any atom is -0.454 e. The molecule has 0 saturated carbocycles. The van der Waals surface area contributed by atoms with Gasteiger partial charge in [0.1, 0.15) is 0 Å². The van der Waals surface area contributed by atoms with Gasteiger partial charge in [-0.15, -0.1) is 0 Å². The highest BCUT2D eigenvalue weighted by molar-refractivity contribution is 7.89. The average Bonchev–Trinajstić information content (AvgIpc) is 3.37. The Kier molecular flexibility index (Phi) is 5.19. The number of aryl methyl sites for hydroxylation is 1. The Labute approximate surface area is 188 Å². The number of nitrogens with zero attached hydrogens (tertiary/aromatic N) is 2. The van der Waals surface area contributed by atoms with Gasteiger partial charge in [0.15, 0.2) is 11.5 Å². The van der Waals surface area contributed by atoms with Gasteiger partial charge in [-0.3, -0.25) is 9.59 Å². The fraction of sp³-hybridized carbons (Fsp3) is 0.333. The fourth-order valence-corrected chi connectivity index (χ4v) is 6.49. The topological polar surface area (TPSA) is 107 Å². The Balaban J connectivity index is 1.25. The summed E-state index contributed by atoms with van der Waals surface area (Å²) in [5.74, 6) is 0.803. The molecule has 0 atom stereocenters. The second-order valence-electron chi connectivity index (χ2n) is 7.79. The van der Waals surface area contributed by atoms with Crippen LogP contribution in [-0.2, 0) is 21.9 Å². The number of nitrogens with one attached hydrogen (secondary N) is 1. The Morgan fingerprint density at radius 2 is 1.84 bits per heavy atom. The number of ether oxygens (including phenoxy) is 2. The van der Waals surface area contributed by atoms with Crippen LogP contribution >= 0.6 is 11.3 Å². The number of aromatic nitrogens is 1. The Hall–Kier alpha value is -2.89. The van der Waals surface area contributed by atoms with E-state index < -0.39 is 10.0 Å². The first kappa shape index (κ1) is 21.0. The first-order valence-electron chi connectivity index (χ1n) is 10.1. The number of fused-ring (bicyclic) bond motifs is 2. The van der Waals surface area contributed by atoms with Gasteiger partial charge in [-0.25, -0.2) is 8.42 Å². The number of benzene rings is 2. The molecular formula is C21H21N3O6S2. The van der Waals surface area contributed by atoms with Gasteiger partial charge >= 0.3 is 4.87 Å². The Morgan fingerprint density at radius 1 is 1.09 bits per heavy atom. The molecule has 2 aliphatic heterocycles. The molecule has 2 aliphatic rings. The van der Waals surface area contributed by atoms with E-state index in [1.807, 2.05) is 0 Å². The predicted octanol–water partition coefficient (Wildman–Crippen LogP) is 2.37. The van der Waals surface area contributed by atoms with Crippen molar-refractivity contribution in [3.05, 3.63) is 46.1 Å². The number of hydrogen-bond donors (Lipinski definition) is 1. The number of hydrogen-bond acceptors (Lipinski definition) is 7. The van der Waals surface area contributed by atoms with Crippen molar-refractivity contribution in [2.45, 2.75) is 17.7 Å². The number of rotatable bonds is 4. The molecule has 1 saturated heterocycles. The van der Waals surface area contributed by atoms with Crippen molar-refractivity contribution in [1.29, 1.82) is 0 Å². The smallest absolute Gasteiger partial charge is 0.307 e. The average molecular weight is 476 g/mol. The summed E-state index contributed by atoms with van der Waals surface area (Å²) in [6.45, 7) is 0.671. The van der Waals surface area contributed by atoms with Crippen molar-refractivity contribution in [1.82, 2.24) is 8.87 Å². The minimum atomic E-state index is -3.71. The van der Waals surface area contributed by atoms with Crippen LogP contribution in [0.1, 0.15) is 12.8 Å². The SMILES string of the molecule is Cn1c(=O)sc2cc(S(=O)(=O)N3CCC(C(=O)Nc4ccc5c(c4)OCO5)CC3)ccc21. The summed E-state index contributed by atoms with van der Waals surface area (Å²) in [5.41, 5.74) is 1.32. The molecule has 1 aromatic heterocycles. The first-order valence-corrected chi connectivity index (χ1v) is 12.4. The van der Waals surface area contributed by atoms with Crippen LogP contribution in [-0.4, -0.2) is 43.1 Å². The van der Waals surface area contributed by atoms with E-state index in [2.05, 4.69) is 5.32 Å². The third-order valence-electron chi connectivity index (χ3n) is 5.87. The van der Waals surface area contributed by atoms with Gasteiger partial charge in [0.2, 0.25) is 22.7 Å². The zero-order chi connectivity index (χ0) is 22.5. The number of thiazole rings is 1. The Bertz CT molecular complexity index is 1370. The summed E-state index contributed by atoms with van der Waals surface area (Å²) in [4.78, 5) is 24.6. The monoisotopic (exact) mass is 475 g/mol. The number of carbonyl (C=O) groups is 1. The van der Waals surface area contributed by atoms with E-state index in [9.17, 15) is 18.0 Å². The highest BCUT2D eigenvalue weighted by Crippen LogP contribution is 2.34. The van der Waals surface area contributed by atoms with Crippen molar-refractivity contribution >= 4 is 43.2 Å². The third kappa shape index (κ3) is 3.65. The molecule has 1 amide bonds. The molecule has 168 valence electrons. The van der Waals surface area contributed by atoms with E-state index >= 15 is 0 Å². The second kappa shape index (κ2) is 7.91. The highest BCUT2D eigenvalue weighted by Gasteiger charge is 2.32. The summed E-state index contributed by atoms with van der Waals surface area (Å²) >= 11 is 1.02. The lowest BCUT2D eigenvalue weighted by atomic mass is 9.97. The van der Waals surface area contributed by atoms with Crippen molar-refractivity contribution < 1.29 is 22.7 Å². The van der Waals surface area contributed by atoms with E-state index in [-0.39, 0.29) is 41.5 Å². The van der Waals surface area contributed by atoms with Crippen LogP contribution in [0, 0.1) is 5.92 Å². The van der Waals surface area contributed by atoms with Crippen LogP contribution in [0.2, 0.25) is 0 Å². The highest BCUT2D eigenvalue weighted by atomic mass is 32.2. The van der Waals surface area contributed by atoms with Crippen molar-refractivity contribution in [3.63, 3.8) is 0 Å². The normalized spacial score (nSPS) is 17.0. The van der Waals surface area contributed by atoms with Crippen molar-refractivity contribution in [3.8, 4) is 11.5 Å². The molecular weight excluding hydrogens is 454 g/mol. The maximum atomic E-state index is 13.1. The number of amides is 1. The summed E-state index contributed by atoms with van der Waals surface area (Å²) in [6, 6.07) is 9.95. The molecule has 2 aromatic carbocycles. The van der Waals surface area contributed by atoms with E-state index in [0.29, 0.717) is 40.2 Å². The van der Waals surface area contributed by atoms with Crippen LogP contribution in [0.15, 0.2) is 46.1 Å². The molecule has 11 heteroatoms.